The number of guanidine groups is 1. The Morgan fingerprint density at radius 1 is 1.10 bits per heavy atom. The molecule has 0 spiro atoms. The molecule has 0 saturated heterocycles. The van der Waals surface area contributed by atoms with Gasteiger partial charge in [0.2, 0.25) is 5.89 Å². The van der Waals surface area contributed by atoms with Crippen LogP contribution >= 0.6 is 35.3 Å². The Balaban J connectivity index is 0.00000300. The topological polar surface area (TPSA) is 75.3 Å². The number of hydrogen-bond acceptors (Lipinski definition) is 5. The molecule has 156 valence electrons. The van der Waals surface area contributed by atoms with Gasteiger partial charge in [-0.25, -0.2) is 9.97 Å². The van der Waals surface area contributed by atoms with E-state index in [-0.39, 0.29) is 24.0 Å². The van der Waals surface area contributed by atoms with Crippen molar-refractivity contribution in [1.82, 2.24) is 20.6 Å². The number of rotatable bonds is 8. The molecule has 2 heterocycles. The monoisotopic (exact) mass is 525 g/mol. The summed E-state index contributed by atoms with van der Waals surface area (Å²) in [6.45, 7) is 5.54. The Kier molecular flexibility index (Phi) is 9.59. The average Bonchev–Trinajstić information content (AvgIpc) is 3.33. The summed E-state index contributed by atoms with van der Waals surface area (Å²) in [6.07, 6.45) is 4.90. The maximum Gasteiger partial charge on any atom is 0.226 e. The van der Waals surface area contributed by atoms with Gasteiger partial charge in [-0.05, 0) is 45.2 Å². The molecule has 0 aliphatic carbocycles. The Morgan fingerprint density at radius 3 is 2.59 bits per heavy atom. The maximum atomic E-state index is 5.60. The highest BCUT2D eigenvalue weighted by Crippen LogP contribution is 2.19. The van der Waals surface area contributed by atoms with Crippen LogP contribution in [0.1, 0.15) is 34.8 Å². The zero-order valence-corrected chi connectivity index (χ0v) is 20.2. The standard InChI is InChI=1S/C21H27N5OS.HI/c1-15-7-9-17(10-8-15)20-26-18(13-27-20)12-24-21(22-3)23-11-5-4-6-19-25-16(2)14-28-19;/h7-10,13-14H,4-6,11-12H2,1-3H3,(H2,22,23,24);1H. The molecule has 3 aromatic rings. The smallest absolute Gasteiger partial charge is 0.226 e. The Labute approximate surface area is 193 Å². The molecule has 0 aliphatic rings. The summed E-state index contributed by atoms with van der Waals surface area (Å²) in [5.74, 6) is 1.40. The molecule has 3 rings (SSSR count). The molecule has 2 aromatic heterocycles. The van der Waals surface area contributed by atoms with E-state index in [1.54, 1.807) is 24.6 Å². The minimum atomic E-state index is 0. The van der Waals surface area contributed by atoms with E-state index in [1.807, 2.05) is 19.1 Å². The summed E-state index contributed by atoms with van der Waals surface area (Å²) in [5.41, 5.74) is 4.16. The Hall–Kier alpha value is -1.94. The average molecular weight is 525 g/mol. The van der Waals surface area contributed by atoms with Gasteiger partial charge in [0, 0.05) is 30.2 Å². The van der Waals surface area contributed by atoms with Crippen molar-refractivity contribution < 1.29 is 4.42 Å². The zero-order valence-electron chi connectivity index (χ0n) is 17.1. The van der Waals surface area contributed by atoms with Crippen molar-refractivity contribution in [3.63, 3.8) is 0 Å². The number of benzene rings is 1. The molecule has 8 heteroatoms. The van der Waals surface area contributed by atoms with Crippen molar-refractivity contribution in [1.29, 1.82) is 0 Å². The fraction of sp³-hybridized carbons (Fsp3) is 0.381. The van der Waals surface area contributed by atoms with Crippen molar-refractivity contribution >= 4 is 41.3 Å². The van der Waals surface area contributed by atoms with Crippen LogP contribution in [0, 0.1) is 13.8 Å². The summed E-state index contributed by atoms with van der Waals surface area (Å²) in [4.78, 5) is 13.3. The van der Waals surface area contributed by atoms with Gasteiger partial charge in [0.15, 0.2) is 5.96 Å². The quantitative estimate of drug-likeness (QED) is 0.193. The lowest BCUT2D eigenvalue weighted by atomic mass is 10.1. The van der Waals surface area contributed by atoms with Gasteiger partial charge in [0.1, 0.15) is 6.26 Å². The molecule has 29 heavy (non-hydrogen) atoms. The molecule has 6 nitrogen and oxygen atoms in total. The minimum Gasteiger partial charge on any atom is -0.444 e. The molecule has 0 unspecified atom stereocenters. The van der Waals surface area contributed by atoms with Crippen LogP contribution in [0.5, 0.6) is 0 Å². The SMILES string of the molecule is CN=C(NCCCCc1nc(C)cs1)NCc1coc(-c2ccc(C)cc2)n1.I. The molecule has 2 N–H and O–H groups in total. The Bertz CT molecular complexity index is 904. The van der Waals surface area contributed by atoms with Crippen molar-refractivity contribution in [2.24, 2.45) is 4.99 Å². The van der Waals surface area contributed by atoms with Crippen LogP contribution in [-0.4, -0.2) is 29.5 Å². The van der Waals surface area contributed by atoms with Crippen LogP contribution in [-0.2, 0) is 13.0 Å². The molecule has 0 radical (unpaired) electrons. The second-order valence-electron chi connectivity index (χ2n) is 6.70. The van der Waals surface area contributed by atoms with E-state index in [9.17, 15) is 0 Å². The first-order valence-electron chi connectivity index (χ1n) is 9.51. The first kappa shape index (κ1) is 23.3. The van der Waals surface area contributed by atoms with Crippen LogP contribution in [0.25, 0.3) is 11.5 Å². The number of aryl methyl sites for hydroxylation is 3. The third kappa shape index (κ3) is 7.43. The van der Waals surface area contributed by atoms with Gasteiger partial charge >= 0.3 is 0 Å². The lowest BCUT2D eigenvalue weighted by Crippen LogP contribution is -2.37. The predicted molar refractivity (Wildman–Crippen MR) is 130 cm³/mol. The fourth-order valence-electron chi connectivity index (χ4n) is 2.74. The maximum absolute atomic E-state index is 5.60. The van der Waals surface area contributed by atoms with E-state index < -0.39 is 0 Å². The zero-order chi connectivity index (χ0) is 19.8. The number of hydrogen-bond donors (Lipinski definition) is 2. The van der Waals surface area contributed by atoms with E-state index in [0.29, 0.717) is 12.4 Å². The van der Waals surface area contributed by atoms with E-state index in [2.05, 4.69) is 50.0 Å². The lowest BCUT2D eigenvalue weighted by Gasteiger charge is -2.10. The molecule has 0 amide bonds. The van der Waals surface area contributed by atoms with Crippen LogP contribution in [0.3, 0.4) is 0 Å². The summed E-state index contributed by atoms with van der Waals surface area (Å²) in [7, 11) is 1.77. The number of thiazole rings is 1. The van der Waals surface area contributed by atoms with E-state index >= 15 is 0 Å². The number of oxazole rings is 1. The molecule has 0 bridgehead atoms. The van der Waals surface area contributed by atoms with Gasteiger partial charge in [-0.2, -0.15) is 0 Å². The minimum absolute atomic E-state index is 0. The number of unbranched alkanes of at least 4 members (excludes halogenated alkanes) is 1. The highest BCUT2D eigenvalue weighted by molar-refractivity contribution is 14.0. The molecule has 0 fully saturated rings. The van der Waals surface area contributed by atoms with Crippen molar-refractivity contribution in [2.75, 3.05) is 13.6 Å². The number of aromatic nitrogens is 2. The highest BCUT2D eigenvalue weighted by atomic mass is 127. The van der Waals surface area contributed by atoms with E-state index in [0.717, 1.165) is 48.7 Å². The molecule has 1 aromatic carbocycles. The van der Waals surface area contributed by atoms with Crippen molar-refractivity contribution in [3.8, 4) is 11.5 Å². The summed E-state index contributed by atoms with van der Waals surface area (Å²) < 4.78 is 5.60. The van der Waals surface area contributed by atoms with E-state index in [1.165, 1.54) is 10.6 Å². The highest BCUT2D eigenvalue weighted by Gasteiger charge is 2.07. The van der Waals surface area contributed by atoms with Gasteiger partial charge < -0.3 is 15.1 Å². The fourth-order valence-corrected chi connectivity index (χ4v) is 3.56. The summed E-state index contributed by atoms with van der Waals surface area (Å²) in [5, 5.41) is 9.94. The van der Waals surface area contributed by atoms with Crippen LogP contribution in [0.4, 0.5) is 0 Å². The second-order valence-corrected chi connectivity index (χ2v) is 7.64. The molecule has 0 aliphatic heterocycles. The van der Waals surface area contributed by atoms with Gasteiger partial charge in [0.05, 0.1) is 17.2 Å². The summed E-state index contributed by atoms with van der Waals surface area (Å²) in [6, 6.07) is 8.15. The first-order valence-corrected chi connectivity index (χ1v) is 10.4. The number of nitrogens with one attached hydrogen (secondary N) is 2. The van der Waals surface area contributed by atoms with Gasteiger partial charge in [-0.3, -0.25) is 4.99 Å². The van der Waals surface area contributed by atoms with Gasteiger partial charge in [-0.15, -0.1) is 35.3 Å². The van der Waals surface area contributed by atoms with Crippen molar-refractivity contribution in [2.45, 2.75) is 39.7 Å². The first-order chi connectivity index (χ1) is 13.6. The van der Waals surface area contributed by atoms with Crippen molar-refractivity contribution in [3.05, 3.63) is 57.9 Å². The van der Waals surface area contributed by atoms with Gasteiger partial charge in [0.25, 0.3) is 0 Å². The largest absolute Gasteiger partial charge is 0.444 e. The number of aliphatic imine (C=N–C) groups is 1. The molecule has 0 saturated carbocycles. The third-order valence-electron chi connectivity index (χ3n) is 4.29. The van der Waals surface area contributed by atoms with Crippen LogP contribution in [0.2, 0.25) is 0 Å². The molecular formula is C21H28IN5OS. The lowest BCUT2D eigenvalue weighted by molar-refractivity contribution is 0.572. The van der Waals surface area contributed by atoms with E-state index in [4.69, 9.17) is 4.42 Å². The predicted octanol–water partition coefficient (Wildman–Crippen LogP) is 4.72. The van der Waals surface area contributed by atoms with Crippen LogP contribution in [0.15, 0.2) is 45.3 Å². The number of nitrogens with zero attached hydrogens (tertiary/aromatic N) is 3. The third-order valence-corrected chi connectivity index (χ3v) is 5.31. The normalized spacial score (nSPS) is 11.2. The van der Waals surface area contributed by atoms with Crippen LogP contribution < -0.4 is 10.6 Å². The molecular weight excluding hydrogens is 497 g/mol. The second kappa shape index (κ2) is 11.9. The summed E-state index contributed by atoms with van der Waals surface area (Å²) >= 11 is 1.74. The van der Waals surface area contributed by atoms with Gasteiger partial charge in [-0.1, -0.05) is 17.7 Å². The molecule has 0 atom stereocenters. The Morgan fingerprint density at radius 2 is 1.90 bits per heavy atom. The number of halogens is 1.